The van der Waals surface area contributed by atoms with Crippen molar-refractivity contribution in [1.29, 1.82) is 0 Å². The van der Waals surface area contributed by atoms with E-state index in [1.807, 2.05) is 12.1 Å². The summed E-state index contributed by atoms with van der Waals surface area (Å²) in [7, 11) is 4.76. The van der Waals surface area contributed by atoms with Gasteiger partial charge in [-0.25, -0.2) is 4.39 Å². The molecule has 8 heteroatoms. The van der Waals surface area contributed by atoms with E-state index in [-0.39, 0.29) is 10.9 Å². The van der Waals surface area contributed by atoms with Gasteiger partial charge in [0.25, 0.3) is 5.91 Å². The summed E-state index contributed by atoms with van der Waals surface area (Å²) in [5.41, 5.74) is 1.30. The predicted molar refractivity (Wildman–Crippen MR) is 109 cm³/mol. The Balaban J connectivity index is 1.66. The Morgan fingerprint density at radius 2 is 1.69 bits per heavy atom. The van der Waals surface area contributed by atoms with E-state index in [1.165, 1.54) is 12.1 Å². The van der Waals surface area contributed by atoms with Crippen LogP contribution in [0.25, 0.3) is 0 Å². The molecule has 0 bridgehead atoms. The van der Waals surface area contributed by atoms with Crippen LogP contribution in [-0.2, 0) is 6.54 Å². The lowest BCUT2D eigenvalue weighted by atomic mass is 10.1. The van der Waals surface area contributed by atoms with Crippen LogP contribution in [0.4, 0.5) is 4.39 Å². The predicted octanol–water partition coefficient (Wildman–Crippen LogP) is 3.46. The summed E-state index contributed by atoms with van der Waals surface area (Å²) in [5, 5.41) is 0.132. The SMILES string of the molecule is COc1ccc(CN2CCN(C(=O)c3ccc(F)cc3Cl)CC2)c(OC)c1OC. The lowest BCUT2D eigenvalue weighted by Gasteiger charge is -2.35. The average molecular weight is 423 g/mol. The Bertz CT molecular complexity index is 885. The van der Waals surface area contributed by atoms with Gasteiger partial charge < -0.3 is 19.1 Å². The van der Waals surface area contributed by atoms with Gasteiger partial charge in [0.05, 0.1) is 31.9 Å². The normalized spacial score (nSPS) is 14.6. The average Bonchev–Trinajstić information content (AvgIpc) is 2.73. The van der Waals surface area contributed by atoms with E-state index in [4.69, 9.17) is 25.8 Å². The summed E-state index contributed by atoms with van der Waals surface area (Å²) >= 11 is 6.03. The number of ether oxygens (including phenoxy) is 3. The number of methoxy groups -OCH3 is 3. The third-order valence-corrected chi connectivity index (χ3v) is 5.31. The Morgan fingerprint density at radius 3 is 2.28 bits per heavy atom. The topological polar surface area (TPSA) is 51.2 Å². The molecule has 0 atom stereocenters. The Morgan fingerprint density at radius 1 is 1.00 bits per heavy atom. The van der Waals surface area contributed by atoms with E-state index in [9.17, 15) is 9.18 Å². The zero-order valence-corrected chi connectivity index (χ0v) is 17.5. The second-order valence-corrected chi connectivity index (χ2v) is 7.09. The zero-order chi connectivity index (χ0) is 21.0. The van der Waals surface area contributed by atoms with Crippen molar-refractivity contribution in [3.8, 4) is 17.2 Å². The molecule has 0 aromatic heterocycles. The molecule has 1 saturated heterocycles. The summed E-state index contributed by atoms with van der Waals surface area (Å²) in [6.45, 7) is 3.16. The molecule has 1 fully saturated rings. The van der Waals surface area contributed by atoms with Crippen molar-refractivity contribution in [1.82, 2.24) is 9.80 Å². The molecule has 2 aromatic rings. The monoisotopic (exact) mass is 422 g/mol. The number of benzene rings is 2. The summed E-state index contributed by atoms with van der Waals surface area (Å²) in [6.07, 6.45) is 0. The minimum atomic E-state index is -0.458. The van der Waals surface area contributed by atoms with E-state index < -0.39 is 5.82 Å². The largest absolute Gasteiger partial charge is 0.493 e. The van der Waals surface area contributed by atoms with Gasteiger partial charge in [0, 0.05) is 38.3 Å². The molecule has 1 amide bonds. The van der Waals surface area contributed by atoms with E-state index in [2.05, 4.69) is 4.90 Å². The number of amides is 1. The number of hydrogen-bond donors (Lipinski definition) is 0. The molecule has 0 aliphatic carbocycles. The quantitative estimate of drug-likeness (QED) is 0.713. The molecule has 1 heterocycles. The number of carbonyl (C=O) groups is 1. The maximum absolute atomic E-state index is 13.2. The van der Waals surface area contributed by atoms with Crippen molar-refractivity contribution in [3.05, 3.63) is 52.3 Å². The molecule has 6 nitrogen and oxygen atoms in total. The van der Waals surface area contributed by atoms with E-state index >= 15 is 0 Å². The first kappa shape index (κ1) is 21.2. The number of piperazine rings is 1. The van der Waals surface area contributed by atoms with Crippen LogP contribution < -0.4 is 14.2 Å². The molecule has 0 spiro atoms. The van der Waals surface area contributed by atoms with Crippen molar-refractivity contribution in [3.63, 3.8) is 0 Å². The zero-order valence-electron chi connectivity index (χ0n) is 16.7. The second-order valence-electron chi connectivity index (χ2n) is 6.69. The summed E-state index contributed by atoms with van der Waals surface area (Å²) in [4.78, 5) is 16.7. The van der Waals surface area contributed by atoms with Gasteiger partial charge >= 0.3 is 0 Å². The smallest absolute Gasteiger partial charge is 0.255 e. The highest BCUT2D eigenvalue weighted by Gasteiger charge is 2.25. The maximum Gasteiger partial charge on any atom is 0.255 e. The van der Waals surface area contributed by atoms with Crippen LogP contribution in [0, 0.1) is 5.82 Å². The molecule has 1 aliphatic heterocycles. The Kier molecular flexibility index (Phi) is 6.82. The highest BCUT2D eigenvalue weighted by atomic mass is 35.5. The first-order valence-corrected chi connectivity index (χ1v) is 9.60. The van der Waals surface area contributed by atoms with Crippen molar-refractivity contribution >= 4 is 17.5 Å². The fourth-order valence-electron chi connectivity index (χ4n) is 3.47. The van der Waals surface area contributed by atoms with Crippen LogP contribution in [0.2, 0.25) is 5.02 Å². The fraction of sp³-hybridized carbons (Fsp3) is 0.381. The molecule has 0 unspecified atom stereocenters. The summed E-state index contributed by atoms with van der Waals surface area (Å²) in [5.74, 6) is 1.17. The molecule has 0 saturated carbocycles. The third-order valence-electron chi connectivity index (χ3n) is 5.00. The van der Waals surface area contributed by atoms with Crippen LogP contribution in [-0.4, -0.2) is 63.2 Å². The maximum atomic E-state index is 13.2. The van der Waals surface area contributed by atoms with E-state index in [0.29, 0.717) is 55.5 Å². The molecule has 156 valence electrons. The second kappa shape index (κ2) is 9.33. The van der Waals surface area contributed by atoms with Gasteiger partial charge in [-0.3, -0.25) is 9.69 Å². The number of rotatable bonds is 6. The molecule has 2 aromatic carbocycles. The Labute approximate surface area is 174 Å². The van der Waals surface area contributed by atoms with E-state index in [1.54, 1.807) is 26.2 Å². The van der Waals surface area contributed by atoms with Crippen molar-refractivity contribution in [2.45, 2.75) is 6.54 Å². The first-order valence-electron chi connectivity index (χ1n) is 9.23. The highest BCUT2D eigenvalue weighted by molar-refractivity contribution is 6.33. The van der Waals surface area contributed by atoms with Gasteiger partial charge in [-0.05, 0) is 24.3 Å². The summed E-state index contributed by atoms with van der Waals surface area (Å²) < 4.78 is 29.6. The molecule has 29 heavy (non-hydrogen) atoms. The highest BCUT2D eigenvalue weighted by Crippen LogP contribution is 2.40. The summed E-state index contributed by atoms with van der Waals surface area (Å²) in [6, 6.07) is 7.65. The third kappa shape index (κ3) is 4.57. The molecule has 0 radical (unpaired) electrons. The van der Waals surface area contributed by atoms with Crippen LogP contribution in [0.5, 0.6) is 17.2 Å². The van der Waals surface area contributed by atoms with Crippen molar-refractivity contribution in [2.75, 3.05) is 47.5 Å². The van der Waals surface area contributed by atoms with Gasteiger partial charge in [-0.2, -0.15) is 0 Å². The van der Waals surface area contributed by atoms with Gasteiger partial charge in [-0.1, -0.05) is 17.7 Å². The van der Waals surface area contributed by atoms with Gasteiger partial charge in [0.2, 0.25) is 5.75 Å². The molecular formula is C21H24ClFN2O4. The van der Waals surface area contributed by atoms with Crippen molar-refractivity contribution < 1.29 is 23.4 Å². The first-order chi connectivity index (χ1) is 14.0. The fourth-order valence-corrected chi connectivity index (χ4v) is 3.72. The van der Waals surface area contributed by atoms with Gasteiger partial charge in [-0.15, -0.1) is 0 Å². The minimum absolute atomic E-state index is 0.132. The lowest BCUT2D eigenvalue weighted by Crippen LogP contribution is -2.48. The van der Waals surface area contributed by atoms with Crippen LogP contribution in [0.1, 0.15) is 15.9 Å². The lowest BCUT2D eigenvalue weighted by molar-refractivity contribution is 0.0627. The van der Waals surface area contributed by atoms with Crippen molar-refractivity contribution in [2.24, 2.45) is 0 Å². The standard InChI is InChI=1S/C21H24ClFN2O4/c1-27-18-7-4-14(19(28-2)20(18)29-3)13-24-8-10-25(11-9-24)21(26)16-6-5-15(23)12-17(16)22/h4-7,12H,8-11,13H2,1-3H3. The number of nitrogens with zero attached hydrogens (tertiary/aromatic N) is 2. The van der Waals surface area contributed by atoms with Crippen LogP contribution >= 0.6 is 11.6 Å². The molecular weight excluding hydrogens is 399 g/mol. The minimum Gasteiger partial charge on any atom is -0.493 e. The number of halogens is 2. The molecule has 1 aliphatic rings. The van der Waals surface area contributed by atoms with Gasteiger partial charge in [0.1, 0.15) is 5.82 Å². The number of hydrogen-bond acceptors (Lipinski definition) is 5. The molecule has 0 N–H and O–H groups in total. The Hall–Kier alpha value is -2.51. The van der Waals surface area contributed by atoms with E-state index in [0.717, 1.165) is 11.6 Å². The molecule has 3 rings (SSSR count). The van der Waals surface area contributed by atoms with Crippen LogP contribution in [0.15, 0.2) is 30.3 Å². The number of carbonyl (C=O) groups excluding carboxylic acids is 1. The van der Waals surface area contributed by atoms with Crippen LogP contribution in [0.3, 0.4) is 0 Å². The van der Waals surface area contributed by atoms with Gasteiger partial charge in [0.15, 0.2) is 11.5 Å².